The van der Waals surface area contributed by atoms with E-state index < -0.39 is 0 Å². The summed E-state index contributed by atoms with van der Waals surface area (Å²) in [6.45, 7) is 4.03. The van der Waals surface area contributed by atoms with Crippen LogP contribution in [0, 0.1) is 13.8 Å². The molecule has 3 heterocycles. The smallest absolute Gasteiger partial charge is 0.282 e. The molecule has 0 bridgehead atoms. The lowest BCUT2D eigenvalue weighted by Gasteiger charge is -2.05. The molecule has 4 rings (SSSR count). The highest BCUT2D eigenvalue weighted by Gasteiger charge is 2.20. The summed E-state index contributed by atoms with van der Waals surface area (Å²) in [5.74, 6) is 1.01. The zero-order chi connectivity index (χ0) is 17.4. The monoisotopic (exact) mass is 333 g/mol. The topological polar surface area (TPSA) is 109 Å². The molecule has 0 unspecified atom stereocenters. The molecule has 8 heteroatoms. The van der Waals surface area contributed by atoms with Gasteiger partial charge in [0.1, 0.15) is 0 Å². The van der Waals surface area contributed by atoms with Gasteiger partial charge in [0, 0.05) is 18.0 Å². The van der Waals surface area contributed by atoms with Crippen LogP contribution in [-0.2, 0) is 0 Å². The van der Waals surface area contributed by atoms with Crippen molar-refractivity contribution >= 4 is 5.82 Å². The predicted molar refractivity (Wildman–Crippen MR) is 91.8 cm³/mol. The fraction of sp³-hybridized carbons (Fsp3) is 0.118. The first-order valence-electron chi connectivity index (χ1n) is 7.66. The second kappa shape index (κ2) is 5.82. The van der Waals surface area contributed by atoms with Gasteiger partial charge in [-0.25, -0.2) is 0 Å². The van der Waals surface area contributed by atoms with Gasteiger partial charge in [-0.3, -0.25) is 4.98 Å². The summed E-state index contributed by atoms with van der Waals surface area (Å²) in [7, 11) is 0. The number of rotatable bonds is 3. The molecule has 0 atom stereocenters. The minimum Gasteiger partial charge on any atom is -0.382 e. The van der Waals surface area contributed by atoms with Gasteiger partial charge in [0.05, 0.1) is 5.69 Å². The number of nitrogens with zero attached hydrogens (tertiary/aromatic N) is 6. The molecule has 0 amide bonds. The lowest BCUT2D eigenvalue weighted by atomic mass is 10.1. The Balaban J connectivity index is 1.73. The third-order valence-electron chi connectivity index (χ3n) is 3.72. The molecule has 2 N–H and O–H groups in total. The SMILES string of the molecule is Cc1cc(C)cc(-n2nnc(-c3nc(-c4ccncc4)no3)c2N)c1. The summed E-state index contributed by atoms with van der Waals surface area (Å²) in [5.41, 5.74) is 10.4. The number of nitrogens with two attached hydrogens (primary N) is 1. The van der Waals surface area contributed by atoms with E-state index in [1.54, 1.807) is 29.2 Å². The highest BCUT2D eigenvalue weighted by Crippen LogP contribution is 2.26. The lowest BCUT2D eigenvalue weighted by molar-refractivity contribution is 0.431. The number of pyridine rings is 1. The molecular formula is C17H15N7O. The Morgan fingerprint density at radius 1 is 1.04 bits per heavy atom. The van der Waals surface area contributed by atoms with Gasteiger partial charge in [-0.1, -0.05) is 16.4 Å². The van der Waals surface area contributed by atoms with Crippen molar-refractivity contribution in [2.24, 2.45) is 0 Å². The molecule has 8 nitrogen and oxygen atoms in total. The van der Waals surface area contributed by atoms with Crippen LogP contribution in [0.4, 0.5) is 5.82 Å². The van der Waals surface area contributed by atoms with Crippen molar-refractivity contribution < 1.29 is 4.52 Å². The van der Waals surface area contributed by atoms with E-state index in [2.05, 4.69) is 31.5 Å². The van der Waals surface area contributed by atoms with Gasteiger partial charge in [0.25, 0.3) is 5.89 Å². The van der Waals surface area contributed by atoms with Crippen molar-refractivity contribution in [1.82, 2.24) is 30.1 Å². The van der Waals surface area contributed by atoms with E-state index in [9.17, 15) is 0 Å². The highest BCUT2D eigenvalue weighted by atomic mass is 16.5. The third kappa shape index (κ3) is 2.74. The Morgan fingerprint density at radius 3 is 2.48 bits per heavy atom. The summed E-state index contributed by atoms with van der Waals surface area (Å²) in [6.07, 6.45) is 3.33. The first-order chi connectivity index (χ1) is 12.1. The van der Waals surface area contributed by atoms with Crippen LogP contribution in [0.25, 0.3) is 28.7 Å². The second-order valence-corrected chi connectivity index (χ2v) is 5.74. The van der Waals surface area contributed by atoms with Gasteiger partial charge < -0.3 is 10.3 Å². The maximum atomic E-state index is 6.22. The largest absolute Gasteiger partial charge is 0.382 e. The van der Waals surface area contributed by atoms with Crippen LogP contribution in [0.2, 0.25) is 0 Å². The Bertz CT molecular complexity index is 1020. The van der Waals surface area contributed by atoms with Crippen LogP contribution in [-0.4, -0.2) is 30.1 Å². The van der Waals surface area contributed by atoms with Crippen molar-refractivity contribution in [2.45, 2.75) is 13.8 Å². The summed E-state index contributed by atoms with van der Waals surface area (Å²) in [6, 6.07) is 9.64. The summed E-state index contributed by atoms with van der Waals surface area (Å²) in [4.78, 5) is 8.32. The molecular weight excluding hydrogens is 318 g/mol. The Hall–Kier alpha value is -3.55. The summed E-state index contributed by atoms with van der Waals surface area (Å²) >= 11 is 0. The maximum absolute atomic E-state index is 6.22. The zero-order valence-corrected chi connectivity index (χ0v) is 13.7. The molecule has 1 aromatic carbocycles. The van der Waals surface area contributed by atoms with E-state index in [1.165, 1.54) is 0 Å². The van der Waals surface area contributed by atoms with Crippen LogP contribution in [0.5, 0.6) is 0 Å². The van der Waals surface area contributed by atoms with Gasteiger partial charge in [-0.15, -0.1) is 5.10 Å². The second-order valence-electron chi connectivity index (χ2n) is 5.74. The quantitative estimate of drug-likeness (QED) is 0.613. The Labute approximate surface area is 143 Å². The van der Waals surface area contributed by atoms with E-state index in [1.807, 2.05) is 26.0 Å². The minimum absolute atomic E-state index is 0.222. The van der Waals surface area contributed by atoms with E-state index >= 15 is 0 Å². The maximum Gasteiger partial charge on any atom is 0.282 e. The molecule has 0 spiro atoms. The average Bonchev–Trinajstić information content (AvgIpc) is 3.21. The van der Waals surface area contributed by atoms with E-state index in [4.69, 9.17) is 10.3 Å². The zero-order valence-electron chi connectivity index (χ0n) is 13.7. The van der Waals surface area contributed by atoms with E-state index in [-0.39, 0.29) is 5.89 Å². The van der Waals surface area contributed by atoms with E-state index in [0.29, 0.717) is 17.3 Å². The van der Waals surface area contributed by atoms with Crippen molar-refractivity contribution in [3.05, 3.63) is 53.9 Å². The fourth-order valence-corrected chi connectivity index (χ4v) is 2.64. The molecule has 0 aliphatic heterocycles. The Morgan fingerprint density at radius 2 is 1.76 bits per heavy atom. The molecule has 124 valence electrons. The number of hydrogen-bond donors (Lipinski definition) is 1. The number of anilines is 1. The number of nitrogen functional groups attached to an aromatic ring is 1. The van der Waals surface area contributed by atoms with Gasteiger partial charge in [-0.05, 0) is 49.2 Å². The lowest BCUT2D eigenvalue weighted by Crippen LogP contribution is -2.03. The molecule has 3 aromatic heterocycles. The van der Waals surface area contributed by atoms with Gasteiger partial charge >= 0.3 is 0 Å². The summed E-state index contributed by atoms with van der Waals surface area (Å²) < 4.78 is 6.87. The van der Waals surface area contributed by atoms with Crippen molar-refractivity contribution in [2.75, 3.05) is 5.73 Å². The van der Waals surface area contributed by atoms with Crippen molar-refractivity contribution in [3.8, 4) is 28.7 Å². The summed E-state index contributed by atoms with van der Waals surface area (Å²) in [5, 5.41) is 12.2. The van der Waals surface area contributed by atoms with Crippen LogP contribution >= 0.6 is 0 Å². The normalized spacial score (nSPS) is 11.0. The minimum atomic E-state index is 0.222. The molecule has 0 aliphatic carbocycles. The number of aryl methyl sites for hydroxylation is 2. The average molecular weight is 333 g/mol. The van der Waals surface area contributed by atoms with Crippen LogP contribution < -0.4 is 5.73 Å². The molecule has 25 heavy (non-hydrogen) atoms. The first kappa shape index (κ1) is 15.0. The number of aromatic nitrogens is 6. The standard InChI is InChI=1S/C17H15N7O/c1-10-7-11(2)9-13(8-10)24-15(18)14(21-23-24)17-20-16(22-25-17)12-3-5-19-6-4-12/h3-9H,18H2,1-2H3. The van der Waals surface area contributed by atoms with Crippen LogP contribution in [0.15, 0.2) is 47.2 Å². The van der Waals surface area contributed by atoms with E-state index in [0.717, 1.165) is 22.4 Å². The van der Waals surface area contributed by atoms with Crippen molar-refractivity contribution in [1.29, 1.82) is 0 Å². The number of hydrogen-bond acceptors (Lipinski definition) is 7. The fourth-order valence-electron chi connectivity index (χ4n) is 2.64. The molecule has 0 aliphatic rings. The van der Waals surface area contributed by atoms with Gasteiger partial charge in [-0.2, -0.15) is 9.67 Å². The molecule has 0 saturated heterocycles. The number of benzene rings is 1. The molecule has 0 fully saturated rings. The highest BCUT2D eigenvalue weighted by molar-refractivity contribution is 5.66. The van der Waals surface area contributed by atoms with Crippen LogP contribution in [0.3, 0.4) is 0 Å². The first-order valence-corrected chi connectivity index (χ1v) is 7.66. The van der Waals surface area contributed by atoms with Crippen molar-refractivity contribution in [3.63, 3.8) is 0 Å². The van der Waals surface area contributed by atoms with Crippen LogP contribution in [0.1, 0.15) is 11.1 Å². The van der Waals surface area contributed by atoms with Gasteiger partial charge in [0.2, 0.25) is 5.82 Å². The third-order valence-corrected chi connectivity index (χ3v) is 3.72. The van der Waals surface area contributed by atoms with Gasteiger partial charge in [0.15, 0.2) is 11.5 Å². The predicted octanol–water partition coefficient (Wildman–Crippen LogP) is 2.58. The Kier molecular flexibility index (Phi) is 3.50. The molecule has 4 aromatic rings. The molecule has 0 saturated carbocycles. The molecule has 0 radical (unpaired) electrons.